The first kappa shape index (κ1) is 27.7. The fourth-order valence-corrected chi connectivity index (χ4v) is 4.96. The van der Waals surface area contributed by atoms with Crippen molar-refractivity contribution in [1.82, 2.24) is 19.9 Å². The van der Waals surface area contributed by atoms with E-state index in [4.69, 9.17) is 25.2 Å². The van der Waals surface area contributed by atoms with Crippen LogP contribution < -0.4 is 20.1 Å². The molecule has 0 amide bonds. The Morgan fingerprint density at radius 1 is 1.05 bits per heavy atom. The zero-order valence-electron chi connectivity index (χ0n) is 21.6. The Morgan fingerprint density at radius 3 is 2.60 bits per heavy atom. The third-order valence-corrected chi connectivity index (χ3v) is 7.05. The number of nitrogens with one attached hydrogen (secondary N) is 1. The number of nitrogen functional groups attached to an aromatic ring is 1. The lowest BCUT2D eigenvalue weighted by atomic mass is 10.0. The van der Waals surface area contributed by atoms with Crippen molar-refractivity contribution in [2.45, 2.75) is 6.42 Å². The van der Waals surface area contributed by atoms with Crippen molar-refractivity contribution in [3.05, 3.63) is 48.5 Å². The van der Waals surface area contributed by atoms with Gasteiger partial charge in [-0.05, 0) is 30.2 Å². The summed E-state index contributed by atoms with van der Waals surface area (Å²) in [6, 6.07) is 8.46. The third kappa shape index (κ3) is 6.15. The number of rotatable bonds is 11. The summed E-state index contributed by atoms with van der Waals surface area (Å²) < 4.78 is 55.7. The molecule has 1 aliphatic heterocycles. The number of nitrogens with two attached hydrogens (primary N) is 1. The molecule has 3 N–H and O–H groups in total. The Bertz CT molecular complexity index is 1460. The van der Waals surface area contributed by atoms with Crippen LogP contribution in [-0.2, 0) is 4.74 Å². The highest BCUT2D eigenvalue weighted by Crippen LogP contribution is 2.39. The number of fused-ring (bicyclic) bond motifs is 1. The topological polar surface area (TPSA) is 111 Å². The molecule has 2 aromatic carbocycles. The van der Waals surface area contributed by atoms with Gasteiger partial charge in [-0.2, -0.15) is 0 Å². The molecule has 2 aromatic heterocycles. The van der Waals surface area contributed by atoms with Gasteiger partial charge in [-0.1, -0.05) is 24.1 Å². The number of nitrogens with zero attached hydrogens (tertiary/aromatic N) is 5. The van der Waals surface area contributed by atoms with Crippen LogP contribution in [0.5, 0.6) is 5.75 Å². The number of hydrogen-bond acceptors (Lipinski definition) is 10. The molecule has 0 bridgehead atoms. The van der Waals surface area contributed by atoms with E-state index >= 15 is 4.39 Å². The molecule has 0 atom stereocenters. The molecule has 1 saturated heterocycles. The maximum Gasteiger partial charge on any atom is 0.219 e. The lowest BCUT2D eigenvalue weighted by Crippen LogP contribution is -2.37. The van der Waals surface area contributed by atoms with E-state index in [9.17, 15) is 8.78 Å². The van der Waals surface area contributed by atoms with Crippen molar-refractivity contribution < 1.29 is 22.6 Å². The van der Waals surface area contributed by atoms with Crippen molar-refractivity contribution in [2.75, 3.05) is 67.4 Å². The standard InChI is InChI=1S/C27H28F3N7O2S/c28-5-2-12-40-36-21-4-1-3-19(23(21)30)17-13-20-24(22(14-17)39-9-6-29)34-25(18-15-32-27(31)33-16-18)35-26(20)37-7-10-38-11-8-37/h1,3-4,13-16,36H,2,5-12H2,(H2,31,32,33). The van der Waals surface area contributed by atoms with Gasteiger partial charge in [0, 0.05) is 42.2 Å². The fourth-order valence-electron chi connectivity index (χ4n) is 4.29. The van der Waals surface area contributed by atoms with Gasteiger partial charge in [-0.25, -0.2) is 28.7 Å². The number of hydrogen-bond donors (Lipinski definition) is 2. The van der Waals surface area contributed by atoms with E-state index in [1.165, 1.54) is 24.3 Å². The Morgan fingerprint density at radius 2 is 1.85 bits per heavy atom. The van der Waals surface area contributed by atoms with Crippen LogP contribution in [0, 0.1) is 5.82 Å². The number of morpholine rings is 1. The van der Waals surface area contributed by atoms with Gasteiger partial charge in [0.25, 0.3) is 0 Å². The molecule has 4 aromatic rings. The highest BCUT2D eigenvalue weighted by atomic mass is 32.2. The number of halogens is 3. The third-order valence-electron chi connectivity index (χ3n) is 6.19. The lowest BCUT2D eigenvalue weighted by Gasteiger charge is -2.29. The van der Waals surface area contributed by atoms with Crippen molar-refractivity contribution >= 4 is 40.3 Å². The first-order valence-electron chi connectivity index (χ1n) is 12.8. The quantitative estimate of drug-likeness (QED) is 0.187. The Hall–Kier alpha value is -3.84. The molecule has 210 valence electrons. The van der Waals surface area contributed by atoms with Gasteiger partial charge in [0.2, 0.25) is 5.95 Å². The average molecular weight is 572 g/mol. The average Bonchev–Trinajstić information content (AvgIpc) is 2.99. The van der Waals surface area contributed by atoms with E-state index in [1.807, 2.05) is 6.07 Å². The molecule has 0 saturated carbocycles. The summed E-state index contributed by atoms with van der Waals surface area (Å²) >= 11 is 1.23. The minimum absolute atomic E-state index is 0.120. The Kier molecular flexibility index (Phi) is 9.01. The molecule has 40 heavy (non-hydrogen) atoms. The summed E-state index contributed by atoms with van der Waals surface area (Å²) in [7, 11) is 0. The molecular formula is C27H28F3N7O2S. The molecule has 0 unspecified atom stereocenters. The summed E-state index contributed by atoms with van der Waals surface area (Å²) in [5.74, 6) is 1.37. The summed E-state index contributed by atoms with van der Waals surface area (Å²) in [5, 5.41) is 0.614. The van der Waals surface area contributed by atoms with Gasteiger partial charge in [0.15, 0.2) is 11.6 Å². The molecule has 9 nitrogen and oxygen atoms in total. The van der Waals surface area contributed by atoms with E-state index < -0.39 is 19.2 Å². The molecule has 0 spiro atoms. The summed E-state index contributed by atoms with van der Waals surface area (Å²) in [6.45, 7) is 0.840. The van der Waals surface area contributed by atoms with Gasteiger partial charge >= 0.3 is 0 Å². The van der Waals surface area contributed by atoms with Crippen LogP contribution in [0.4, 0.5) is 30.6 Å². The predicted molar refractivity (Wildman–Crippen MR) is 152 cm³/mol. The molecule has 1 aliphatic rings. The summed E-state index contributed by atoms with van der Waals surface area (Å²) in [5.41, 5.74) is 7.75. The van der Waals surface area contributed by atoms with Crippen LogP contribution >= 0.6 is 11.9 Å². The highest BCUT2D eigenvalue weighted by molar-refractivity contribution is 8.00. The number of alkyl halides is 2. The molecular weight excluding hydrogens is 543 g/mol. The largest absolute Gasteiger partial charge is 0.489 e. The normalized spacial score (nSPS) is 13.5. The molecule has 0 aliphatic carbocycles. The lowest BCUT2D eigenvalue weighted by molar-refractivity contribution is 0.122. The van der Waals surface area contributed by atoms with Gasteiger partial charge in [-0.3, -0.25) is 4.39 Å². The molecule has 13 heteroatoms. The van der Waals surface area contributed by atoms with E-state index in [-0.39, 0.29) is 24.0 Å². The zero-order valence-corrected chi connectivity index (χ0v) is 22.4. The predicted octanol–water partition coefficient (Wildman–Crippen LogP) is 5.08. The summed E-state index contributed by atoms with van der Waals surface area (Å²) in [4.78, 5) is 19.8. The zero-order chi connectivity index (χ0) is 27.9. The Labute approximate surface area is 233 Å². The minimum atomic E-state index is -0.713. The van der Waals surface area contributed by atoms with Crippen LogP contribution in [-0.4, -0.2) is 71.9 Å². The summed E-state index contributed by atoms with van der Waals surface area (Å²) in [6.07, 6.45) is 3.43. The van der Waals surface area contributed by atoms with E-state index in [0.717, 1.165) is 0 Å². The second kappa shape index (κ2) is 13.0. The second-order valence-corrected chi connectivity index (χ2v) is 9.77. The van der Waals surface area contributed by atoms with Crippen LogP contribution in [0.1, 0.15) is 6.42 Å². The van der Waals surface area contributed by atoms with Crippen LogP contribution in [0.3, 0.4) is 0 Å². The van der Waals surface area contributed by atoms with Crippen LogP contribution in [0.2, 0.25) is 0 Å². The van der Waals surface area contributed by atoms with Crippen molar-refractivity contribution in [2.24, 2.45) is 0 Å². The minimum Gasteiger partial charge on any atom is -0.489 e. The first-order chi connectivity index (χ1) is 19.6. The molecule has 1 fully saturated rings. The molecule has 3 heterocycles. The number of aromatic nitrogens is 4. The van der Waals surface area contributed by atoms with Gasteiger partial charge in [0.05, 0.1) is 31.1 Å². The van der Waals surface area contributed by atoms with E-state index in [0.29, 0.717) is 77.7 Å². The molecule has 5 rings (SSSR count). The second-order valence-electron chi connectivity index (χ2n) is 8.87. The SMILES string of the molecule is Nc1ncc(-c2nc(N3CCOCC3)c3cc(-c4cccc(NSCCCF)c4F)cc(OCCF)c3n2)cn1. The maximum absolute atomic E-state index is 15.7. The smallest absolute Gasteiger partial charge is 0.219 e. The van der Waals surface area contributed by atoms with E-state index in [2.05, 4.69) is 19.6 Å². The van der Waals surface area contributed by atoms with Gasteiger partial charge < -0.3 is 24.8 Å². The van der Waals surface area contributed by atoms with Crippen LogP contribution in [0.25, 0.3) is 33.4 Å². The van der Waals surface area contributed by atoms with E-state index in [1.54, 1.807) is 24.3 Å². The number of benzene rings is 2. The van der Waals surface area contributed by atoms with Crippen LogP contribution in [0.15, 0.2) is 42.7 Å². The Balaban J connectivity index is 1.67. The van der Waals surface area contributed by atoms with Crippen molar-refractivity contribution in [3.63, 3.8) is 0 Å². The van der Waals surface area contributed by atoms with Gasteiger partial charge in [0.1, 0.15) is 30.4 Å². The van der Waals surface area contributed by atoms with Crippen molar-refractivity contribution in [3.8, 4) is 28.3 Å². The number of ether oxygens (including phenoxy) is 2. The highest BCUT2D eigenvalue weighted by Gasteiger charge is 2.22. The fraction of sp³-hybridized carbons (Fsp3) is 0.333. The first-order valence-corrected chi connectivity index (χ1v) is 13.8. The monoisotopic (exact) mass is 571 g/mol. The molecule has 0 radical (unpaired) electrons. The number of anilines is 3. The van der Waals surface area contributed by atoms with Crippen molar-refractivity contribution in [1.29, 1.82) is 0 Å². The maximum atomic E-state index is 15.7. The van der Waals surface area contributed by atoms with Gasteiger partial charge in [-0.15, -0.1) is 0 Å².